The van der Waals surface area contributed by atoms with Crippen LogP contribution in [0.4, 0.5) is 0 Å². The van der Waals surface area contributed by atoms with Gasteiger partial charge in [-0.05, 0) is 7.05 Å². The molecule has 5 heteroatoms. The highest BCUT2D eigenvalue weighted by atomic mass is 16.5. The summed E-state index contributed by atoms with van der Waals surface area (Å²) in [5.74, 6) is -0.223. The van der Waals surface area contributed by atoms with E-state index in [4.69, 9.17) is 0 Å². The first-order valence-corrected chi connectivity index (χ1v) is 4.46. The van der Waals surface area contributed by atoms with E-state index in [1.54, 1.807) is 0 Å². The first kappa shape index (κ1) is 10.4. The van der Waals surface area contributed by atoms with Crippen LogP contribution in [-0.2, 0) is 9.53 Å². The van der Waals surface area contributed by atoms with Gasteiger partial charge >= 0.3 is 5.97 Å². The van der Waals surface area contributed by atoms with E-state index < -0.39 is 0 Å². The van der Waals surface area contributed by atoms with Gasteiger partial charge in [-0.3, -0.25) is 4.79 Å². The summed E-state index contributed by atoms with van der Waals surface area (Å²) in [7, 11) is 3.49. The summed E-state index contributed by atoms with van der Waals surface area (Å²) in [5.41, 5.74) is 3.02. The van der Waals surface area contributed by atoms with Crippen LogP contribution >= 0.6 is 0 Å². The van der Waals surface area contributed by atoms with Gasteiger partial charge in [0.1, 0.15) is 6.54 Å². The smallest absolute Gasteiger partial charge is 0.321 e. The molecule has 76 valence electrons. The van der Waals surface area contributed by atoms with Crippen molar-refractivity contribution in [1.82, 2.24) is 15.3 Å². The lowest BCUT2D eigenvalue weighted by atomic mass is 10.4. The fourth-order valence-corrected chi connectivity index (χ4v) is 1.21. The van der Waals surface area contributed by atoms with Gasteiger partial charge in [0.15, 0.2) is 0 Å². The van der Waals surface area contributed by atoms with Crippen LogP contribution in [0.3, 0.4) is 0 Å². The van der Waals surface area contributed by atoms with Crippen molar-refractivity contribution < 1.29 is 9.53 Å². The minimum Gasteiger partial charge on any atom is -0.468 e. The highest BCUT2D eigenvalue weighted by Gasteiger charge is 2.13. The molecule has 0 saturated carbocycles. The standard InChI is InChI=1S/C8H17N3O2/c1-10-3-5-11(6-4-10)9-7-8(12)13-2/h9H,3-7H2,1-2H3. The number of ether oxygens (including phenoxy) is 1. The number of rotatable bonds is 3. The summed E-state index contributed by atoms with van der Waals surface area (Å²) in [6, 6.07) is 0. The third-order valence-electron chi connectivity index (χ3n) is 2.18. The molecule has 0 aliphatic carbocycles. The molecule has 0 aromatic rings. The summed E-state index contributed by atoms with van der Waals surface area (Å²) < 4.78 is 4.52. The van der Waals surface area contributed by atoms with Crippen LogP contribution in [-0.4, -0.2) is 62.8 Å². The molecule has 0 atom stereocenters. The summed E-state index contributed by atoms with van der Waals surface area (Å²) in [5, 5.41) is 2.05. The van der Waals surface area contributed by atoms with Gasteiger partial charge in [-0.15, -0.1) is 0 Å². The Morgan fingerprint density at radius 1 is 1.38 bits per heavy atom. The maximum atomic E-state index is 10.8. The first-order chi connectivity index (χ1) is 6.22. The van der Waals surface area contributed by atoms with E-state index in [0.29, 0.717) is 0 Å². The van der Waals surface area contributed by atoms with Crippen LogP contribution < -0.4 is 5.43 Å². The molecule has 0 spiro atoms. The van der Waals surface area contributed by atoms with Crippen LogP contribution in [0.5, 0.6) is 0 Å². The molecule has 1 saturated heterocycles. The van der Waals surface area contributed by atoms with Crippen LogP contribution in [0, 0.1) is 0 Å². The summed E-state index contributed by atoms with van der Waals surface area (Å²) in [4.78, 5) is 13.1. The van der Waals surface area contributed by atoms with Gasteiger partial charge in [-0.1, -0.05) is 0 Å². The Morgan fingerprint density at radius 3 is 2.54 bits per heavy atom. The average Bonchev–Trinajstić information content (AvgIpc) is 2.16. The molecular formula is C8H17N3O2. The highest BCUT2D eigenvalue weighted by molar-refractivity contribution is 5.71. The second kappa shape index (κ2) is 5.16. The fraction of sp³-hybridized carbons (Fsp3) is 0.875. The SMILES string of the molecule is COC(=O)CNN1CCN(C)CC1. The Balaban J connectivity index is 2.12. The van der Waals surface area contributed by atoms with Crippen molar-refractivity contribution in [2.75, 3.05) is 46.9 Å². The van der Waals surface area contributed by atoms with E-state index in [0.717, 1.165) is 26.2 Å². The molecule has 0 amide bonds. The lowest BCUT2D eigenvalue weighted by Crippen LogP contribution is -2.51. The molecule has 1 rings (SSSR count). The van der Waals surface area contributed by atoms with E-state index in [-0.39, 0.29) is 12.5 Å². The number of hydrazine groups is 1. The highest BCUT2D eigenvalue weighted by Crippen LogP contribution is 1.94. The molecule has 5 nitrogen and oxygen atoms in total. The molecule has 1 aliphatic rings. The Labute approximate surface area is 78.6 Å². The quantitative estimate of drug-likeness (QED) is 0.569. The van der Waals surface area contributed by atoms with E-state index in [1.165, 1.54) is 7.11 Å². The number of nitrogens with zero attached hydrogens (tertiary/aromatic N) is 2. The number of methoxy groups -OCH3 is 1. The molecule has 0 radical (unpaired) electrons. The average molecular weight is 187 g/mol. The molecule has 1 aliphatic heterocycles. The third kappa shape index (κ3) is 3.71. The Hall–Kier alpha value is -0.650. The number of carbonyl (C=O) groups excluding carboxylic acids is 1. The Morgan fingerprint density at radius 2 is 2.00 bits per heavy atom. The zero-order valence-corrected chi connectivity index (χ0v) is 8.25. The molecule has 0 unspecified atom stereocenters. The lowest BCUT2D eigenvalue weighted by molar-refractivity contribution is -0.140. The van der Waals surface area contributed by atoms with Crippen LogP contribution in [0.2, 0.25) is 0 Å². The van der Waals surface area contributed by atoms with E-state index >= 15 is 0 Å². The Bertz CT molecular complexity index is 167. The van der Waals surface area contributed by atoms with E-state index in [9.17, 15) is 4.79 Å². The largest absolute Gasteiger partial charge is 0.468 e. The van der Waals surface area contributed by atoms with Crippen molar-refractivity contribution in [2.24, 2.45) is 0 Å². The van der Waals surface area contributed by atoms with Crippen LogP contribution in [0.25, 0.3) is 0 Å². The summed E-state index contributed by atoms with van der Waals surface area (Å²) >= 11 is 0. The molecule has 0 aromatic heterocycles. The monoisotopic (exact) mass is 187 g/mol. The van der Waals surface area contributed by atoms with Gasteiger partial charge in [0.25, 0.3) is 0 Å². The van der Waals surface area contributed by atoms with Gasteiger partial charge in [0.2, 0.25) is 0 Å². The van der Waals surface area contributed by atoms with E-state index in [1.807, 2.05) is 0 Å². The minimum absolute atomic E-state index is 0.223. The van der Waals surface area contributed by atoms with Gasteiger partial charge < -0.3 is 9.64 Å². The van der Waals surface area contributed by atoms with Gasteiger partial charge in [0.05, 0.1) is 7.11 Å². The second-order valence-corrected chi connectivity index (χ2v) is 3.20. The number of carbonyl (C=O) groups is 1. The predicted octanol–water partition coefficient (Wildman–Crippen LogP) is -1.09. The molecule has 0 bridgehead atoms. The Kier molecular flexibility index (Phi) is 4.14. The molecule has 1 heterocycles. The topological polar surface area (TPSA) is 44.8 Å². The zero-order valence-electron chi connectivity index (χ0n) is 8.25. The number of hydrogen-bond acceptors (Lipinski definition) is 5. The number of nitrogens with one attached hydrogen (secondary N) is 1. The van der Waals surface area contributed by atoms with Crippen molar-refractivity contribution in [3.05, 3.63) is 0 Å². The lowest BCUT2D eigenvalue weighted by Gasteiger charge is -2.32. The molecule has 13 heavy (non-hydrogen) atoms. The van der Waals surface area contributed by atoms with Gasteiger partial charge in [-0.25, -0.2) is 10.4 Å². The normalized spacial score (nSPS) is 20.2. The summed E-state index contributed by atoms with van der Waals surface area (Å²) in [6.07, 6.45) is 0. The van der Waals surface area contributed by atoms with Gasteiger partial charge in [0, 0.05) is 26.2 Å². The molecule has 0 aromatic carbocycles. The predicted molar refractivity (Wildman–Crippen MR) is 49.1 cm³/mol. The molecule has 1 N–H and O–H groups in total. The number of piperazine rings is 1. The molecule has 1 fully saturated rings. The first-order valence-electron chi connectivity index (χ1n) is 4.46. The van der Waals surface area contributed by atoms with E-state index in [2.05, 4.69) is 27.1 Å². The number of hydrogen-bond donors (Lipinski definition) is 1. The van der Waals surface area contributed by atoms with Crippen molar-refractivity contribution in [3.8, 4) is 0 Å². The zero-order chi connectivity index (χ0) is 9.68. The third-order valence-corrected chi connectivity index (χ3v) is 2.18. The van der Waals surface area contributed by atoms with Crippen molar-refractivity contribution in [2.45, 2.75) is 0 Å². The summed E-state index contributed by atoms with van der Waals surface area (Å²) in [6.45, 7) is 4.24. The van der Waals surface area contributed by atoms with Crippen molar-refractivity contribution >= 4 is 5.97 Å². The van der Waals surface area contributed by atoms with Crippen LogP contribution in [0.1, 0.15) is 0 Å². The maximum Gasteiger partial charge on any atom is 0.321 e. The second-order valence-electron chi connectivity index (χ2n) is 3.20. The van der Waals surface area contributed by atoms with Crippen LogP contribution in [0.15, 0.2) is 0 Å². The van der Waals surface area contributed by atoms with Gasteiger partial charge in [-0.2, -0.15) is 0 Å². The van der Waals surface area contributed by atoms with Crippen molar-refractivity contribution in [1.29, 1.82) is 0 Å². The maximum absolute atomic E-state index is 10.8. The van der Waals surface area contributed by atoms with Crippen molar-refractivity contribution in [3.63, 3.8) is 0 Å². The fourth-order valence-electron chi connectivity index (χ4n) is 1.21. The number of esters is 1. The number of likely N-dealkylation sites (N-methyl/N-ethyl adjacent to an activating group) is 1. The molecular weight excluding hydrogens is 170 g/mol. The minimum atomic E-state index is -0.223.